The molecule has 0 nitrogen and oxygen atoms in total. The van der Waals surface area contributed by atoms with Gasteiger partial charge in [0, 0.05) is 0 Å². The van der Waals surface area contributed by atoms with Crippen molar-refractivity contribution >= 4 is 22.3 Å². The molecule has 23 valence electrons. The standard InChI is InChI=1S/C3H5Te/c1-2-3-4/h2H,1,3H2. The molecule has 0 atom stereocenters. The maximum absolute atomic E-state index is 3.48. The van der Waals surface area contributed by atoms with Crippen molar-refractivity contribution in [3.63, 3.8) is 0 Å². The van der Waals surface area contributed by atoms with E-state index in [1.807, 2.05) is 28.4 Å². The SMILES string of the molecule is C=CC[Te]. The second kappa shape index (κ2) is 3.53. The van der Waals surface area contributed by atoms with E-state index in [0.29, 0.717) is 0 Å². The number of rotatable bonds is 1. The first-order valence-electron chi connectivity index (χ1n) is 1.11. The van der Waals surface area contributed by atoms with Crippen molar-refractivity contribution in [2.75, 3.05) is 0 Å². The molecule has 0 unspecified atom stereocenters. The Hall–Kier alpha value is 0.530. The van der Waals surface area contributed by atoms with Crippen LogP contribution in [0.2, 0.25) is 4.47 Å². The molecule has 0 aromatic rings. The van der Waals surface area contributed by atoms with Crippen molar-refractivity contribution in [1.82, 2.24) is 0 Å². The summed E-state index contributed by atoms with van der Waals surface area (Å²) in [4.78, 5) is 0. The third-order valence-corrected chi connectivity index (χ3v) is 0.791. The number of hydrogen-bond donors (Lipinski definition) is 0. The van der Waals surface area contributed by atoms with Crippen LogP contribution in [-0.4, -0.2) is 22.3 Å². The molecular weight excluding hydrogens is 164 g/mol. The fourth-order valence-electron chi connectivity index (χ4n) is 0. The first-order chi connectivity index (χ1) is 1.91. The van der Waals surface area contributed by atoms with Gasteiger partial charge in [0.1, 0.15) is 0 Å². The molecule has 0 saturated heterocycles. The molecular formula is C3H5Te. The quantitative estimate of drug-likeness (QED) is 0.401. The van der Waals surface area contributed by atoms with E-state index < -0.39 is 0 Å². The van der Waals surface area contributed by atoms with E-state index in [1.54, 1.807) is 0 Å². The summed E-state index contributed by atoms with van der Waals surface area (Å²) in [5.74, 6) is 0. The van der Waals surface area contributed by atoms with E-state index in [1.165, 1.54) is 0 Å². The van der Waals surface area contributed by atoms with Crippen molar-refractivity contribution in [3.05, 3.63) is 12.7 Å². The molecule has 0 spiro atoms. The summed E-state index contributed by atoms with van der Waals surface area (Å²) in [6.45, 7) is 3.48. The van der Waals surface area contributed by atoms with E-state index in [2.05, 4.69) is 6.58 Å². The van der Waals surface area contributed by atoms with Crippen LogP contribution in [0.5, 0.6) is 0 Å². The number of allylic oxidation sites excluding steroid dienone is 1. The summed E-state index contributed by atoms with van der Waals surface area (Å²) in [7, 11) is 0. The summed E-state index contributed by atoms with van der Waals surface area (Å²) in [6.07, 6.45) is 1.88. The van der Waals surface area contributed by atoms with Crippen LogP contribution in [0, 0.1) is 0 Å². The third kappa shape index (κ3) is 2.53. The van der Waals surface area contributed by atoms with Crippen LogP contribution in [0.4, 0.5) is 0 Å². The molecule has 0 aliphatic rings. The zero-order chi connectivity index (χ0) is 3.41. The fourth-order valence-corrected chi connectivity index (χ4v) is 0. The van der Waals surface area contributed by atoms with Crippen LogP contribution in [0.25, 0.3) is 0 Å². The van der Waals surface area contributed by atoms with Gasteiger partial charge in [0.25, 0.3) is 0 Å². The first-order valence-corrected chi connectivity index (χ1v) is 2.75. The van der Waals surface area contributed by atoms with Gasteiger partial charge in [-0.3, -0.25) is 0 Å². The van der Waals surface area contributed by atoms with Crippen LogP contribution >= 0.6 is 0 Å². The molecule has 0 aliphatic carbocycles. The minimum absolute atomic E-state index is 1.09. The Kier molecular flexibility index (Phi) is 4.00. The Morgan fingerprint density at radius 3 is 2.25 bits per heavy atom. The summed E-state index contributed by atoms with van der Waals surface area (Å²) < 4.78 is 1.09. The van der Waals surface area contributed by atoms with Gasteiger partial charge in [-0.25, -0.2) is 0 Å². The van der Waals surface area contributed by atoms with Crippen LogP contribution in [-0.2, 0) is 0 Å². The van der Waals surface area contributed by atoms with Gasteiger partial charge in [0.2, 0.25) is 0 Å². The zero-order valence-corrected chi connectivity index (χ0v) is 4.73. The van der Waals surface area contributed by atoms with Crippen molar-refractivity contribution in [1.29, 1.82) is 0 Å². The second-order valence-electron chi connectivity index (χ2n) is 0.455. The predicted molar refractivity (Wildman–Crippen MR) is 20.8 cm³/mol. The molecule has 0 rings (SSSR count). The van der Waals surface area contributed by atoms with Crippen molar-refractivity contribution in [3.8, 4) is 0 Å². The zero-order valence-electron chi connectivity index (χ0n) is 2.40. The van der Waals surface area contributed by atoms with Crippen molar-refractivity contribution in [2.45, 2.75) is 4.47 Å². The van der Waals surface area contributed by atoms with Gasteiger partial charge in [-0.05, 0) is 0 Å². The summed E-state index contributed by atoms with van der Waals surface area (Å²) >= 11 is 2.01. The first kappa shape index (κ1) is 4.53. The van der Waals surface area contributed by atoms with Gasteiger partial charge in [0.05, 0.1) is 0 Å². The molecule has 0 aromatic heterocycles. The summed E-state index contributed by atoms with van der Waals surface area (Å²) in [6, 6.07) is 0. The van der Waals surface area contributed by atoms with E-state index in [0.717, 1.165) is 4.47 Å². The molecule has 0 bridgehead atoms. The van der Waals surface area contributed by atoms with Gasteiger partial charge < -0.3 is 0 Å². The molecule has 0 fully saturated rings. The Balaban J connectivity index is 2.30. The third-order valence-electron chi connectivity index (χ3n) is 0.118. The van der Waals surface area contributed by atoms with Crippen LogP contribution in [0.15, 0.2) is 12.7 Å². The molecule has 4 heavy (non-hydrogen) atoms. The number of hydrogen-bond acceptors (Lipinski definition) is 0. The Labute approximate surface area is 39.8 Å². The van der Waals surface area contributed by atoms with Gasteiger partial charge in [0.15, 0.2) is 0 Å². The average molecular weight is 169 g/mol. The van der Waals surface area contributed by atoms with Crippen LogP contribution in [0.1, 0.15) is 0 Å². The van der Waals surface area contributed by atoms with Gasteiger partial charge in [-0.2, -0.15) is 0 Å². The fraction of sp³-hybridized carbons (Fsp3) is 0.333. The summed E-state index contributed by atoms with van der Waals surface area (Å²) in [5.41, 5.74) is 0. The van der Waals surface area contributed by atoms with Gasteiger partial charge in [-0.15, -0.1) is 0 Å². The van der Waals surface area contributed by atoms with Gasteiger partial charge >= 0.3 is 39.4 Å². The van der Waals surface area contributed by atoms with E-state index >= 15 is 0 Å². The van der Waals surface area contributed by atoms with E-state index in [4.69, 9.17) is 0 Å². The van der Waals surface area contributed by atoms with E-state index in [9.17, 15) is 0 Å². The Bertz CT molecular complexity index is 17.2. The van der Waals surface area contributed by atoms with Crippen molar-refractivity contribution in [2.24, 2.45) is 0 Å². The van der Waals surface area contributed by atoms with Crippen molar-refractivity contribution < 1.29 is 0 Å². The molecule has 0 aromatic carbocycles. The molecule has 0 N–H and O–H groups in total. The van der Waals surface area contributed by atoms with Crippen LogP contribution in [0.3, 0.4) is 0 Å². The normalized spacial score (nSPS) is 6.25. The minimum atomic E-state index is 1.09. The molecule has 0 heterocycles. The van der Waals surface area contributed by atoms with Crippen LogP contribution < -0.4 is 0 Å². The molecule has 0 aliphatic heterocycles. The predicted octanol–water partition coefficient (Wildman–Crippen LogP) is 0.759. The monoisotopic (exact) mass is 171 g/mol. The van der Waals surface area contributed by atoms with Gasteiger partial charge in [-0.1, -0.05) is 0 Å². The summed E-state index contributed by atoms with van der Waals surface area (Å²) in [5, 5.41) is 0. The second-order valence-corrected chi connectivity index (χ2v) is 1.41. The molecule has 1 radical (unpaired) electrons. The Morgan fingerprint density at radius 1 is 2.00 bits per heavy atom. The molecule has 0 saturated carbocycles. The Morgan fingerprint density at radius 2 is 2.25 bits per heavy atom. The maximum atomic E-state index is 3.48. The van der Waals surface area contributed by atoms with E-state index in [-0.39, 0.29) is 0 Å². The molecule has 1 heteroatoms. The average Bonchev–Trinajstić information content (AvgIpc) is 1.37. The molecule has 0 amide bonds. The topological polar surface area (TPSA) is 0 Å².